The third-order valence-corrected chi connectivity index (χ3v) is 2.85. The van der Waals surface area contributed by atoms with Crippen LogP contribution in [0.25, 0.3) is 0 Å². The number of carboxylic acid groups (broad SMARTS) is 1. The van der Waals surface area contributed by atoms with E-state index in [0.29, 0.717) is 0 Å². The van der Waals surface area contributed by atoms with Crippen LogP contribution in [0.3, 0.4) is 0 Å². The molecule has 3 amide bonds. The standard InChI is InChI=1S/C12H12FN3O5/c13-5-1-2-8-6(3-5)15-11(18)9(21-8)4-7(10(14)17)16-12(19)20/h1-3,7,9,16H,4H2,(H2,14,17)(H,15,18)(H,19,20)/t7?,9-/m0/s1. The molecule has 112 valence electrons. The number of nitrogens with two attached hydrogens (primary N) is 1. The largest absolute Gasteiger partial charge is 0.478 e. The lowest BCUT2D eigenvalue weighted by atomic mass is 10.1. The van der Waals surface area contributed by atoms with Gasteiger partial charge in [0.25, 0.3) is 5.91 Å². The van der Waals surface area contributed by atoms with Crippen LogP contribution in [0.1, 0.15) is 6.42 Å². The predicted molar refractivity (Wildman–Crippen MR) is 68.2 cm³/mol. The quantitative estimate of drug-likeness (QED) is 0.623. The summed E-state index contributed by atoms with van der Waals surface area (Å²) in [5.41, 5.74) is 5.23. The second kappa shape index (κ2) is 5.65. The summed E-state index contributed by atoms with van der Waals surface area (Å²) in [5.74, 6) is -1.87. The lowest BCUT2D eigenvalue weighted by molar-refractivity contribution is -0.125. The molecule has 1 aromatic rings. The van der Waals surface area contributed by atoms with Crippen molar-refractivity contribution in [3.63, 3.8) is 0 Å². The van der Waals surface area contributed by atoms with Crippen LogP contribution < -0.4 is 21.1 Å². The lowest BCUT2D eigenvalue weighted by Crippen LogP contribution is -2.49. The Morgan fingerprint density at radius 1 is 1.52 bits per heavy atom. The molecule has 0 saturated heterocycles. The van der Waals surface area contributed by atoms with Crippen LogP contribution in [0.2, 0.25) is 0 Å². The number of primary amides is 1. The van der Waals surface area contributed by atoms with Crippen molar-refractivity contribution in [1.82, 2.24) is 5.32 Å². The van der Waals surface area contributed by atoms with E-state index in [2.05, 4.69) is 5.32 Å². The average Bonchev–Trinajstić information content (AvgIpc) is 2.38. The van der Waals surface area contributed by atoms with Crippen LogP contribution in [-0.4, -0.2) is 35.2 Å². The van der Waals surface area contributed by atoms with Crippen LogP contribution >= 0.6 is 0 Å². The first kappa shape index (κ1) is 14.6. The molecule has 0 radical (unpaired) electrons. The summed E-state index contributed by atoms with van der Waals surface area (Å²) in [7, 11) is 0. The van der Waals surface area contributed by atoms with E-state index in [0.717, 1.165) is 12.1 Å². The lowest BCUT2D eigenvalue weighted by Gasteiger charge is -2.27. The molecule has 2 rings (SSSR count). The van der Waals surface area contributed by atoms with Crippen molar-refractivity contribution in [2.75, 3.05) is 5.32 Å². The summed E-state index contributed by atoms with van der Waals surface area (Å²) < 4.78 is 18.4. The van der Waals surface area contributed by atoms with Crippen LogP contribution in [0.5, 0.6) is 5.75 Å². The van der Waals surface area contributed by atoms with E-state index in [1.54, 1.807) is 0 Å². The second-order valence-corrected chi connectivity index (χ2v) is 4.38. The topological polar surface area (TPSA) is 131 Å². The number of amides is 3. The maximum atomic E-state index is 13.0. The number of hydrogen-bond donors (Lipinski definition) is 4. The van der Waals surface area contributed by atoms with Crippen LogP contribution in [0.4, 0.5) is 14.9 Å². The van der Waals surface area contributed by atoms with Crippen molar-refractivity contribution >= 4 is 23.6 Å². The molecule has 5 N–H and O–H groups in total. The third kappa shape index (κ3) is 3.38. The molecule has 0 aromatic heterocycles. The number of anilines is 1. The SMILES string of the molecule is NC(=O)C(C[C@@H]1Oc2ccc(F)cc2NC1=O)NC(=O)O. The third-order valence-electron chi connectivity index (χ3n) is 2.85. The fraction of sp³-hybridized carbons (Fsp3) is 0.250. The Morgan fingerprint density at radius 3 is 2.86 bits per heavy atom. The summed E-state index contributed by atoms with van der Waals surface area (Å²) >= 11 is 0. The molecule has 1 heterocycles. The van der Waals surface area contributed by atoms with Crippen LogP contribution in [0.15, 0.2) is 18.2 Å². The van der Waals surface area contributed by atoms with E-state index in [1.165, 1.54) is 6.07 Å². The fourth-order valence-electron chi connectivity index (χ4n) is 1.89. The average molecular weight is 297 g/mol. The minimum Gasteiger partial charge on any atom is -0.478 e. The van der Waals surface area contributed by atoms with Gasteiger partial charge in [0.2, 0.25) is 5.91 Å². The van der Waals surface area contributed by atoms with Crippen molar-refractivity contribution in [1.29, 1.82) is 0 Å². The van der Waals surface area contributed by atoms with Gasteiger partial charge in [-0.25, -0.2) is 9.18 Å². The molecule has 21 heavy (non-hydrogen) atoms. The van der Waals surface area contributed by atoms with Gasteiger partial charge in [-0.2, -0.15) is 0 Å². The van der Waals surface area contributed by atoms with Gasteiger partial charge in [-0.05, 0) is 12.1 Å². The monoisotopic (exact) mass is 297 g/mol. The number of hydrogen-bond acceptors (Lipinski definition) is 4. The highest BCUT2D eigenvalue weighted by Crippen LogP contribution is 2.31. The van der Waals surface area contributed by atoms with Crippen molar-refractivity contribution in [2.24, 2.45) is 5.73 Å². The van der Waals surface area contributed by atoms with Crippen LogP contribution in [0, 0.1) is 5.82 Å². The Bertz CT molecular complexity index is 607. The summed E-state index contributed by atoms with van der Waals surface area (Å²) in [4.78, 5) is 33.6. The second-order valence-electron chi connectivity index (χ2n) is 4.38. The smallest absolute Gasteiger partial charge is 0.405 e. The number of ether oxygens (including phenoxy) is 1. The molecule has 0 bridgehead atoms. The van der Waals surface area contributed by atoms with Gasteiger partial charge in [0, 0.05) is 12.5 Å². The molecule has 2 atom stereocenters. The van der Waals surface area contributed by atoms with Gasteiger partial charge in [0.05, 0.1) is 5.69 Å². The Morgan fingerprint density at radius 2 is 2.24 bits per heavy atom. The van der Waals surface area contributed by atoms with Crippen molar-refractivity contribution < 1.29 is 28.6 Å². The molecule has 1 aromatic carbocycles. The van der Waals surface area contributed by atoms with Crippen molar-refractivity contribution in [3.8, 4) is 5.75 Å². The van der Waals surface area contributed by atoms with E-state index in [9.17, 15) is 18.8 Å². The zero-order valence-electron chi connectivity index (χ0n) is 10.6. The minimum absolute atomic E-state index is 0.165. The number of rotatable bonds is 4. The highest BCUT2D eigenvalue weighted by Gasteiger charge is 2.32. The first-order valence-corrected chi connectivity index (χ1v) is 5.92. The molecule has 0 spiro atoms. The molecule has 0 fully saturated rings. The van der Waals surface area contributed by atoms with Gasteiger partial charge in [-0.15, -0.1) is 0 Å². The number of nitrogens with one attached hydrogen (secondary N) is 2. The van der Waals surface area contributed by atoms with E-state index in [-0.39, 0.29) is 17.9 Å². The van der Waals surface area contributed by atoms with Gasteiger partial charge < -0.3 is 26.2 Å². The molecule has 0 aliphatic carbocycles. The zero-order chi connectivity index (χ0) is 15.6. The molecule has 8 nitrogen and oxygen atoms in total. The first-order valence-electron chi connectivity index (χ1n) is 5.92. The molecular formula is C12H12FN3O5. The number of carbonyl (C=O) groups excluding carboxylic acids is 2. The van der Waals surface area contributed by atoms with Gasteiger partial charge in [-0.3, -0.25) is 9.59 Å². The Hall–Kier alpha value is -2.84. The van der Waals surface area contributed by atoms with Gasteiger partial charge in [0.1, 0.15) is 17.6 Å². The van der Waals surface area contributed by atoms with E-state index in [4.69, 9.17) is 15.6 Å². The summed E-state index contributed by atoms with van der Waals surface area (Å²) in [6.45, 7) is 0. The zero-order valence-corrected chi connectivity index (χ0v) is 10.6. The fourth-order valence-corrected chi connectivity index (χ4v) is 1.89. The first-order chi connectivity index (χ1) is 9.86. The van der Waals surface area contributed by atoms with Gasteiger partial charge in [0.15, 0.2) is 6.10 Å². The van der Waals surface area contributed by atoms with Gasteiger partial charge in [-0.1, -0.05) is 0 Å². The predicted octanol–water partition coefficient (Wildman–Crippen LogP) is 0.0368. The number of benzene rings is 1. The van der Waals surface area contributed by atoms with Crippen molar-refractivity contribution in [2.45, 2.75) is 18.6 Å². The number of carbonyl (C=O) groups is 3. The molecular weight excluding hydrogens is 285 g/mol. The highest BCUT2D eigenvalue weighted by molar-refractivity contribution is 5.98. The summed E-state index contributed by atoms with van der Waals surface area (Å²) in [6, 6.07) is 2.28. The molecule has 1 aliphatic rings. The van der Waals surface area contributed by atoms with E-state index >= 15 is 0 Å². The minimum atomic E-state index is -1.45. The molecule has 0 saturated carbocycles. The van der Waals surface area contributed by atoms with Gasteiger partial charge >= 0.3 is 6.09 Å². The summed E-state index contributed by atoms with van der Waals surface area (Å²) in [5, 5.41) is 12.9. The van der Waals surface area contributed by atoms with E-state index in [1.807, 2.05) is 5.32 Å². The Balaban J connectivity index is 2.14. The van der Waals surface area contributed by atoms with E-state index < -0.39 is 35.9 Å². The Labute approximate surface area is 118 Å². The number of fused-ring (bicyclic) bond motifs is 1. The Kier molecular flexibility index (Phi) is 3.92. The maximum absolute atomic E-state index is 13.0. The number of halogens is 1. The maximum Gasteiger partial charge on any atom is 0.405 e. The molecule has 1 aliphatic heterocycles. The highest BCUT2D eigenvalue weighted by atomic mass is 19.1. The van der Waals surface area contributed by atoms with Crippen LogP contribution in [-0.2, 0) is 9.59 Å². The molecule has 1 unspecified atom stereocenters. The normalized spacial score (nSPS) is 18.0. The van der Waals surface area contributed by atoms with Crippen molar-refractivity contribution in [3.05, 3.63) is 24.0 Å². The molecule has 9 heteroatoms. The summed E-state index contributed by atoms with van der Waals surface area (Å²) in [6.07, 6.45) is -2.84.